The van der Waals surface area contributed by atoms with E-state index in [2.05, 4.69) is 16.0 Å². The highest BCUT2D eigenvalue weighted by molar-refractivity contribution is 7.91. The van der Waals surface area contributed by atoms with Crippen molar-refractivity contribution in [2.45, 2.75) is 10.4 Å². The predicted octanol–water partition coefficient (Wildman–Crippen LogP) is 0.527. The Bertz CT molecular complexity index is 720. The van der Waals surface area contributed by atoms with Crippen LogP contribution in [0, 0.1) is 0 Å². The van der Waals surface area contributed by atoms with Crippen molar-refractivity contribution >= 4 is 60.4 Å². The van der Waals surface area contributed by atoms with Crippen molar-refractivity contribution in [2.24, 2.45) is 5.14 Å². The lowest BCUT2D eigenvalue weighted by molar-refractivity contribution is 0.0952. The smallest absolute Gasteiger partial charge is 0.261 e. The van der Waals surface area contributed by atoms with Gasteiger partial charge in [-0.25, -0.2) is 13.6 Å². The first-order valence-corrected chi connectivity index (χ1v) is 9.22. The standard InChI is InChI=1S/C11H16N4O3S3.ClH/c1-13-8(14-2)5-15-10(16)7-3-6-4-9(21(12,17)18)20-11(6)19-7;/h3-4,8,13-14H,5H2,1-2H3,(H,15,16)(H2,12,17,18);1H. The molecule has 124 valence electrons. The molecule has 0 unspecified atom stereocenters. The van der Waals surface area contributed by atoms with Gasteiger partial charge in [0.1, 0.15) is 4.21 Å². The van der Waals surface area contributed by atoms with E-state index < -0.39 is 10.0 Å². The zero-order valence-corrected chi connectivity index (χ0v) is 15.1. The van der Waals surface area contributed by atoms with E-state index in [4.69, 9.17) is 5.14 Å². The molecule has 7 nitrogen and oxygen atoms in total. The van der Waals surface area contributed by atoms with Crippen molar-refractivity contribution in [2.75, 3.05) is 20.6 Å². The number of rotatable bonds is 6. The molecule has 0 saturated carbocycles. The number of nitrogens with two attached hydrogens (primary N) is 1. The number of likely N-dealkylation sites (N-methyl/N-ethyl adjacent to an activating group) is 2. The number of carbonyl (C=O) groups excluding carboxylic acids is 1. The Hall–Kier alpha value is -0.750. The van der Waals surface area contributed by atoms with Crippen LogP contribution in [0.2, 0.25) is 0 Å². The molecule has 2 rings (SSSR count). The molecular weight excluding hydrogens is 368 g/mol. The van der Waals surface area contributed by atoms with Crippen LogP contribution in [-0.4, -0.2) is 41.1 Å². The Kier molecular flexibility index (Phi) is 6.74. The minimum absolute atomic E-state index is 0. The summed E-state index contributed by atoms with van der Waals surface area (Å²) in [5.41, 5.74) is 0. The first-order chi connectivity index (χ1) is 9.85. The van der Waals surface area contributed by atoms with E-state index in [0.717, 1.165) is 20.7 Å². The third-order valence-electron chi connectivity index (χ3n) is 2.86. The summed E-state index contributed by atoms with van der Waals surface area (Å²) in [6.45, 7) is 0.444. The zero-order chi connectivity index (χ0) is 15.6. The van der Waals surface area contributed by atoms with Gasteiger partial charge in [-0.15, -0.1) is 35.1 Å². The molecule has 0 radical (unpaired) electrons. The van der Waals surface area contributed by atoms with Crippen LogP contribution in [0.25, 0.3) is 9.40 Å². The lowest BCUT2D eigenvalue weighted by Gasteiger charge is -2.15. The Morgan fingerprint density at radius 3 is 2.41 bits per heavy atom. The molecule has 2 aromatic heterocycles. The lowest BCUT2D eigenvalue weighted by Crippen LogP contribution is -2.47. The summed E-state index contributed by atoms with van der Waals surface area (Å²) in [6.07, 6.45) is -0.0102. The maximum Gasteiger partial charge on any atom is 0.261 e. The van der Waals surface area contributed by atoms with E-state index in [1.54, 1.807) is 20.2 Å². The summed E-state index contributed by atoms with van der Waals surface area (Å²) in [4.78, 5) is 12.6. The molecule has 0 atom stereocenters. The maximum absolute atomic E-state index is 12.0. The number of halogens is 1. The van der Waals surface area contributed by atoms with Gasteiger partial charge in [0.05, 0.1) is 15.1 Å². The van der Waals surface area contributed by atoms with Gasteiger partial charge in [-0.2, -0.15) is 0 Å². The number of hydrogen-bond acceptors (Lipinski definition) is 7. The number of thiophene rings is 2. The number of fused-ring (bicyclic) bond motifs is 1. The number of carbonyl (C=O) groups is 1. The van der Waals surface area contributed by atoms with Gasteiger partial charge >= 0.3 is 0 Å². The molecule has 0 fully saturated rings. The van der Waals surface area contributed by atoms with Crippen molar-refractivity contribution in [3.8, 4) is 0 Å². The zero-order valence-electron chi connectivity index (χ0n) is 11.9. The molecule has 0 bridgehead atoms. The topological polar surface area (TPSA) is 113 Å². The van der Waals surface area contributed by atoms with Crippen molar-refractivity contribution in [1.29, 1.82) is 0 Å². The first-order valence-electron chi connectivity index (χ1n) is 6.04. The summed E-state index contributed by atoms with van der Waals surface area (Å²) in [6, 6.07) is 3.17. The third kappa shape index (κ3) is 4.38. The average Bonchev–Trinajstić information content (AvgIpc) is 2.97. The van der Waals surface area contributed by atoms with Crippen LogP contribution in [0.3, 0.4) is 0 Å². The second kappa shape index (κ2) is 7.68. The highest BCUT2D eigenvalue weighted by Gasteiger charge is 2.17. The van der Waals surface area contributed by atoms with Gasteiger partial charge in [-0.1, -0.05) is 0 Å². The van der Waals surface area contributed by atoms with Crippen LogP contribution in [0.15, 0.2) is 16.3 Å². The lowest BCUT2D eigenvalue weighted by atomic mass is 10.3. The van der Waals surface area contributed by atoms with E-state index in [1.165, 1.54) is 17.4 Å². The van der Waals surface area contributed by atoms with Crippen molar-refractivity contribution in [3.63, 3.8) is 0 Å². The van der Waals surface area contributed by atoms with E-state index in [9.17, 15) is 13.2 Å². The van der Waals surface area contributed by atoms with Gasteiger partial charge in [0.25, 0.3) is 5.91 Å². The fourth-order valence-electron chi connectivity index (χ4n) is 1.70. The molecule has 5 N–H and O–H groups in total. The van der Waals surface area contributed by atoms with E-state index in [1.807, 2.05) is 0 Å². The molecule has 0 spiro atoms. The Morgan fingerprint density at radius 2 is 1.91 bits per heavy atom. The largest absolute Gasteiger partial charge is 0.348 e. The highest BCUT2D eigenvalue weighted by atomic mass is 35.5. The van der Waals surface area contributed by atoms with Crippen LogP contribution in [0.1, 0.15) is 9.67 Å². The minimum Gasteiger partial charge on any atom is -0.348 e. The molecule has 0 aliphatic carbocycles. The summed E-state index contributed by atoms with van der Waals surface area (Å²) >= 11 is 2.33. The molecule has 22 heavy (non-hydrogen) atoms. The van der Waals surface area contributed by atoms with Crippen LogP contribution in [0.4, 0.5) is 0 Å². The number of hydrogen-bond donors (Lipinski definition) is 4. The molecule has 0 aromatic carbocycles. The summed E-state index contributed by atoms with van der Waals surface area (Å²) in [5.74, 6) is -0.184. The average molecular weight is 385 g/mol. The quantitative estimate of drug-likeness (QED) is 0.542. The van der Waals surface area contributed by atoms with Crippen LogP contribution in [0.5, 0.6) is 0 Å². The summed E-state index contributed by atoms with van der Waals surface area (Å²) < 4.78 is 23.4. The first kappa shape index (κ1) is 19.3. The number of nitrogens with one attached hydrogen (secondary N) is 3. The van der Waals surface area contributed by atoms with Crippen molar-refractivity contribution in [3.05, 3.63) is 17.0 Å². The van der Waals surface area contributed by atoms with E-state index >= 15 is 0 Å². The Balaban J connectivity index is 0.00000242. The number of primary sulfonamides is 1. The van der Waals surface area contributed by atoms with Gasteiger partial charge in [0, 0.05) is 11.9 Å². The third-order valence-corrected chi connectivity index (χ3v) is 6.67. The van der Waals surface area contributed by atoms with Gasteiger partial charge in [-0.3, -0.25) is 4.79 Å². The second-order valence-corrected chi connectivity index (χ2v) is 8.45. The Morgan fingerprint density at radius 1 is 1.27 bits per heavy atom. The van der Waals surface area contributed by atoms with Crippen LogP contribution in [-0.2, 0) is 10.0 Å². The predicted molar refractivity (Wildman–Crippen MR) is 92.6 cm³/mol. The number of amides is 1. The van der Waals surface area contributed by atoms with Gasteiger partial charge in [0.15, 0.2) is 0 Å². The summed E-state index contributed by atoms with van der Waals surface area (Å²) in [5, 5.41) is 14.6. The molecule has 0 aliphatic rings. The van der Waals surface area contributed by atoms with Crippen molar-refractivity contribution in [1.82, 2.24) is 16.0 Å². The molecular formula is C11H17ClN4O3S3. The molecule has 0 saturated heterocycles. The normalized spacial score (nSPS) is 11.6. The van der Waals surface area contributed by atoms with Gasteiger partial charge in [0.2, 0.25) is 10.0 Å². The van der Waals surface area contributed by atoms with Crippen molar-refractivity contribution < 1.29 is 13.2 Å². The molecule has 1 amide bonds. The Labute approximate surface area is 142 Å². The van der Waals surface area contributed by atoms with Crippen LogP contribution >= 0.6 is 35.1 Å². The number of sulfonamides is 1. The molecule has 2 heterocycles. The van der Waals surface area contributed by atoms with Gasteiger partial charge in [-0.05, 0) is 26.2 Å². The second-order valence-electron chi connectivity index (χ2n) is 4.30. The maximum atomic E-state index is 12.0. The monoisotopic (exact) mass is 384 g/mol. The fourth-order valence-corrected chi connectivity index (χ4v) is 4.96. The molecule has 2 aromatic rings. The van der Waals surface area contributed by atoms with E-state index in [-0.39, 0.29) is 28.7 Å². The van der Waals surface area contributed by atoms with E-state index in [0.29, 0.717) is 11.4 Å². The van der Waals surface area contributed by atoms with Gasteiger partial charge < -0.3 is 16.0 Å². The molecule has 11 heteroatoms. The minimum atomic E-state index is -3.69. The SMILES string of the molecule is CNC(CNC(=O)c1cc2cc(S(N)(=O)=O)sc2s1)NC.Cl. The fraction of sp³-hybridized carbons (Fsp3) is 0.364. The highest BCUT2D eigenvalue weighted by Crippen LogP contribution is 2.35. The summed E-state index contributed by atoms with van der Waals surface area (Å²) in [7, 11) is -0.0981. The molecule has 0 aliphatic heterocycles. The van der Waals surface area contributed by atoms with Crippen LogP contribution < -0.4 is 21.1 Å².